The number of epoxide rings is 1. The van der Waals surface area contributed by atoms with Gasteiger partial charge in [-0.3, -0.25) is 0 Å². The molecule has 0 bridgehead atoms. The molecule has 3 unspecified atom stereocenters. The first-order valence-corrected chi connectivity index (χ1v) is 5.35. The first-order chi connectivity index (χ1) is 7.20. The third-order valence-corrected chi connectivity index (χ3v) is 3.02. The largest absolute Gasteiger partial charge is 0.358 e. The van der Waals surface area contributed by atoms with Gasteiger partial charge in [0.1, 0.15) is 5.60 Å². The van der Waals surface area contributed by atoms with Gasteiger partial charge >= 0.3 is 0 Å². The van der Waals surface area contributed by atoms with Gasteiger partial charge in [0.05, 0.1) is 6.10 Å². The number of carbonyl (C=O) groups excluding carboxylic acids is 1. The number of azide groups is 1. The topological polar surface area (TPSA) is 78.4 Å². The quantitative estimate of drug-likeness (QED) is 0.162. The van der Waals surface area contributed by atoms with E-state index in [1.165, 1.54) is 0 Å². The van der Waals surface area contributed by atoms with Gasteiger partial charge in [0.2, 0.25) is 0 Å². The van der Waals surface area contributed by atoms with Gasteiger partial charge in [0, 0.05) is 11.5 Å². The third-order valence-electron chi connectivity index (χ3n) is 3.02. The van der Waals surface area contributed by atoms with Gasteiger partial charge in [0.15, 0.2) is 6.29 Å². The van der Waals surface area contributed by atoms with Gasteiger partial charge < -0.3 is 9.53 Å². The summed E-state index contributed by atoms with van der Waals surface area (Å²) in [5, 5.41) is 3.44. The predicted molar refractivity (Wildman–Crippen MR) is 56.4 cm³/mol. The molecule has 5 nitrogen and oxygen atoms in total. The second kappa shape index (κ2) is 5.14. The Hall–Kier alpha value is -1.06. The van der Waals surface area contributed by atoms with E-state index in [9.17, 15) is 4.79 Å². The Morgan fingerprint density at radius 3 is 3.00 bits per heavy atom. The van der Waals surface area contributed by atoms with Crippen molar-refractivity contribution in [1.29, 1.82) is 0 Å². The van der Waals surface area contributed by atoms with Crippen molar-refractivity contribution in [2.75, 3.05) is 6.54 Å². The highest BCUT2D eigenvalue weighted by molar-refractivity contribution is 5.67. The Morgan fingerprint density at radius 2 is 2.47 bits per heavy atom. The molecule has 0 aromatic carbocycles. The van der Waals surface area contributed by atoms with Crippen LogP contribution in [-0.2, 0) is 9.53 Å². The lowest BCUT2D eigenvalue weighted by Crippen LogP contribution is -2.21. The molecule has 1 heterocycles. The normalized spacial score (nSPS) is 30.4. The van der Waals surface area contributed by atoms with Crippen LogP contribution in [0, 0.1) is 5.92 Å². The summed E-state index contributed by atoms with van der Waals surface area (Å²) in [5.74, 6) is 0.412. The van der Waals surface area contributed by atoms with Crippen LogP contribution in [0.3, 0.4) is 0 Å². The molecule has 0 spiro atoms. The molecule has 1 saturated heterocycles. The van der Waals surface area contributed by atoms with Crippen molar-refractivity contribution in [1.82, 2.24) is 0 Å². The van der Waals surface area contributed by atoms with E-state index >= 15 is 0 Å². The van der Waals surface area contributed by atoms with E-state index in [4.69, 9.17) is 10.3 Å². The monoisotopic (exact) mass is 211 g/mol. The van der Waals surface area contributed by atoms with Crippen LogP contribution in [0.2, 0.25) is 0 Å². The lowest BCUT2D eigenvalue weighted by atomic mass is 9.92. The lowest BCUT2D eigenvalue weighted by molar-refractivity contribution is -0.112. The number of ether oxygens (including phenoxy) is 1. The molecular weight excluding hydrogens is 194 g/mol. The summed E-state index contributed by atoms with van der Waals surface area (Å²) in [6.45, 7) is 4.61. The average Bonchev–Trinajstić information content (AvgIpc) is 2.99. The molecule has 5 heteroatoms. The average molecular weight is 211 g/mol. The highest BCUT2D eigenvalue weighted by Gasteiger charge is 2.57. The molecule has 0 aromatic heterocycles. The summed E-state index contributed by atoms with van der Waals surface area (Å²) in [4.78, 5) is 13.6. The van der Waals surface area contributed by atoms with Crippen molar-refractivity contribution in [2.45, 2.75) is 44.8 Å². The standard InChI is InChI=1S/C10H17N3O2/c1-3-8(2)9-10(7-14,15-9)5-4-6-12-13-11/h7-9H,3-6H2,1-2H3. The summed E-state index contributed by atoms with van der Waals surface area (Å²) >= 11 is 0. The molecule has 0 radical (unpaired) electrons. The first kappa shape index (κ1) is 12.0. The van der Waals surface area contributed by atoms with Crippen LogP contribution in [0.1, 0.15) is 33.1 Å². The number of aldehydes is 1. The van der Waals surface area contributed by atoms with Gasteiger partial charge in [-0.05, 0) is 24.3 Å². The molecule has 1 rings (SSSR count). The molecule has 0 amide bonds. The minimum atomic E-state index is -0.583. The van der Waals surface area contributed by atoms with E-state index < -0.39 is 5.60 Å². The van der Waals surface area contributed by atoms with E-state index in [0.29, 0.717) is 25.3 Å². The molecule has 0 N–H and O–H groups in total. The van der Waals surface area contributed by atoms with Crippen molar-refractivity contribution in [2.24, 2.45) is 11.0 Å². The van der Waals surface area contributed by atoms with Crippen LogP contribution >= 0.6 is 0 Å². The van der Waals surface area contributed by atoms with Crippen molar-refractivity contribution in [3.8, 4) is 0 Å². The van der Waals surface area contributed by atoms with Crippen LogP contribution in [-0.4, -0.2) is 24.5 Å². The maximum atomic E-state index is 11.0. The van der Waals surface area contributed by atoms with E-state index in [1.54, 1.807) is 0 Å². The Morgan fingerprint density at radius 1 is 1.73 bits per heavy atom. The summed E-state index contributed by atoms with van der Waals surface area (Å²) in [5.41, 5.74) is 7.52. The lowest BCUT2D eigenvalue weighted by Gasteiger charge is -2.07. The number of rotatable bonds is 7. The number of hydrogen-bond acceptors (Lipinski definition) is 3. The van der Waals surface area contributed by atoms with Gasteiger partial charge in [-0.1, -0.05) is 25.4 Å². The highest BCUT2D eigenvalue weighted by Crippen LogP contribution is 2.44. The molecule has 3 atom stereocenters. The van der Waals surface area contributed by atoms with Crippen molar-refractivity contribution in [3.63, 3.8) is 0 Å². The van der Waals surface area contributed by atoms with E-state index in [1.807, 2.05) is 0 Å². The molecule has 1 fully saturated rings. The molecule has 84 valence electrons. The number of nitrogens with zero attached hydrogens (tertiary/aromatic N) is 3. The second-order valence-electron chi connectivity index (χ2n) is 4.05. The van der Waals surface area contributed by atoms with Crippen LogP contribution in [0.15, 0.2) is 5.11 Å². The molecule has 15 heavy (non-hydrogen) atoms. The Labute approximate surface area is 89.4 Å². The fourth-order valence-electron chi connectivity index (χ4n) is 1.84. The third kappa shape index (κ3) is 2.70. The summed E-state index contributed by atoms with van der Waals surface area (Å²) < 4.78 is 5.48. The SMILES string of the molecule is CCC(C)C1OC1(C=O)CCCN=[N+]=[N-]. The van der Waals surface area contributed by atoms with Crippen LogP contribution in [0.5, 0.6) is 0 Å². The number of carbonyl (C=O) groups is 1. The number of hydrogen-bond donors (Lipinski definition) is 0. The molecule has 1 aliphatic heterocycles. The van der Waals surface area contributed by atoms with Gasteiger partial charge in [-0.25, -0.2) is 0 Å². The minimum absolute atomic E-state index is 0.0612. The fourth-order valence-corrected chi connectivity index (χ4v) is 1.84. The molecule has 1 aliphatic rings. The van der Waals surface area contributed by atoms with Crippen LogP contribution < -0.4 is 0 Å². The minimum Gasteiger partial charge on any atom is -0.358 e. The molecular formula is C10H17N3O2. The van der Waals surface area contributed by atoms with E-state index in [2.05, 4.69) is 23.9 Å². The van der Waals surface area contributed by atoms with Crippen LogP contribution in [0.4, 0.5) is 0 Å². The first-order valence-electron chi connectivity index (χ1n) is 5.35. The molecule has 0 aliphatic carbocycles. The Bertz CT molecular complexity index is 276. The zero-order valence-corrected chi connectivity index (χ0v) is 9.22. The van der Waals surface area contributed by atoms with Gasteiger partial charge in [0.25, 0.3) is 0 Å². The Kier molecular flexibility index (Phi) is 4.12. The highest BCUT2D eigenvalue weighted by atomic mass is 16.6. The maximum absolute atomic E-state index is 11.0. The Balaban J connectivity index is 2.38. The van der Waals surface area contributed by atoms with Crippen molar-refractivity contribution >= 4 is 6.29 Å². The summed E-state index contributed by atoms with van der Waals surface area (Å²) in [6.07, 6.45) is 3.34. The van der Waals surface area contributed by atoms with Gasteiger partial charge in [-0.15, -0.1) is 0 Å². The zero-order valence-electron chi connectivity index (χ0n) is 9.22. The zero-order chi connectivity index (χ0) is 11.3. The molecule has 0 saturated carbocycles. The van der Waals surface area contributed by atoms with Crippen molar-refractivity contribution in [3.05, 3.63) is 10.4 Å². The van der Waals surface area contributed by atoms with E-state index in [-0.39, 0.29) is 6.10 Å². The maximum Gasteiger partial charge on any atom is 0.154 e. The second-order valence-corrected chi connectivity index (χ2v) is 4.05. The smallest absolute Gasteiger partial charge is 0.154 e. The summed E-state index contributed by atoms with van der Waals surface area (Å²) in [6, 6.07) is 0. The van der Waals surface area contributed by atoms with Crippen LogP contribution in [0.25, 0.3) is 10.4 Å². The molecule has 0 aromatic rings. The fraction of sp³-hybridized carbons (Fsp3) is 0.900. The van der Waals surface area contributed by atoms with E-state index in [0.717, 1.165) is 12.7 Å². The van der Waals surface area contributed by atoms with Crippen molar-refractivity contribution < 1.29 is 9.53 Å². The van der Waals surface area contributed by atoms with Gasteiger partial charge in [-0.2, -0.15) is 0 Å². The summed E-state index contributed by atoms with van der Waals surface area (Å²) in [7, 11) is 0. The predicted octanol–water partition coefficient (Wildman–Crippen LogP) is 2.46.